The highest BCUT2D eigenvalue weighted by Gasteiger charge is 2.33. The van der Waals surface area contributed by atoms with Crippen molar-refractivity contribution in [1.82, 2.24) is 9.88 Å². The third kappa shape index (κ3) is 2.68. The van der Waals surface area contributed by atoms with Gasteiger partial charge in [-0.1, -0.05) is 11.6 Å². The first-order chi connectivity index (χ1) is 9.13. The van der Waals surface area contributed by atoms with Crippen LogP contribution in [-0.4, -0.2) is 53.3 Å². The molecule has 6 heteroatoms. The Labute approximate surface area is 116 Å². The van der Waals surface area contributed by atoms with E-state index in [-0.39, 0.29) is 11.9 Å². The first kappa shape index (κ1) is 13.1. The minimum Gasteiger partial charge on any atom is -0.390 e. The molecule has 3 heterocycles. The van der Waals surface area contributed by atoms with E-state index in [0.29, 0.717) is 16.9 Å². The van der Waals surface area contributed by atoms with Gasteiger partial charge in [-0.15, -0.1) is 0 Å². The van der Waals surface area contributed by atoms with Crippen LogP contribution in [0.4, 0.5) is 10.2 Å². The van der Waals surface area contributed by atoms with E-state index in [0.717, 1.165) is 39.0 Å². The van der Waals surface area contributed by atoms with E-state index in [9.17, 15) is 9.50 Å². The normalized spacial score (nSPS) is 22.6. The molecule has 2 aliphatic heterocycles. The van der Waals surface area contributed by atoms with Crippen LogP contribution in [0.1, 0.15) is 12.8 Å². The van der Waals surface area contributed by atoms with E-state index < -0.39 is 0 Å². The van der Waals surface area contributed by atoms with E-state index in [1.54, 1.807) is 0 Å². The lowest BCUT2D eigenvalue weighted by molar-refractivity contribution is -0.0301. The van der Waals surface area contributed by atoms with Crippen molar-refractivity contribution < 1.29 is 9.50 Å². The molecular weight excluding hydrogens is 269 g/mol. The Morgan fingerprint density at radius 2 is 2.00 bits per heavy atom. The largest absolute Gasteiger partial charge is 0.390 e. The first-order valence-corrected chi connectivity index (χ1v) is 6.99. The molecule has 0 amide bonds. The summed E-state index contributed by atoms with van der Waals surface area (Å²) in [6.07, 6.45) is 3.29. The molecule has 3 rings (SSSR count). The van der Waals surface area contributed by atoms with Crippen molar-refractivity contribution in [3.8, 4) is 0 Å². The molecule has 0 atom stereocenters. The average molecular weight is 286 g/mol. The average Bonchev–Trinajstić information content (AvgIpc) is 2.36. The van der Waals surface area contributed by atoms with Gasteiger partial charge in [-0.3, -0.25) is 4.90 Å². The highest BCUT2D eigenvalue weighted by Crippen LogP contribution is 2.26. The first-order valence-electron chi connectivity index (χ1n) is 6.61. The molecule has 0 radical (unpaired) electrons. The minimum absolute atomic E-state index is 0.159. The topological polar surface area (TPSA) is 39.6 Å². The summed E-state index contributed by atoms with van der Waals surface area (Å²) in [6.45, 7) is 3.14. The van der Waals surface area contributed by atoms with Crippen molar-refractivity contribution in [1.29, 1.82) is 0 Å². The number of aromatic nitrogens is 1. The lowest BCUT2D eigenvalue weighted by atomic mass is 9.98. The van der Waals surface area contributed by atoms with Crippen molar-refractivity contribution in [3.63, 3.8) is 0 Å². The van der Waals surface area contributed by atoms with Crippen LogP contribution >= 0.6 is 11.6 Å². The zero-order valence-corrected chi connectivity index (χ0v) is 11.4. The Bertz CT molecular complexity index is 459. The SMILES string of the molecule is OC1CN(C2CCN(c3ncc(Cl)cc3F)CC2)C1. The number of piperidine rings is 1. The summed E-state index contributed by atoms with van der Waals surface area (Å²) in [5, 5.41) is 9.64. The lowest BCUT2D eigenvalue weighted by Crippen LogP contribution is -2.57. The molecule has 0 bridgehead atoms. The standard InChI is InChI=1S/C13H17ClFN3O/c14-9-5-12(15)13(16-6-9)17-3-1-10(2-4-17)18-7-11(19)8-18/h5-6,10-11,19H,1-4,7-8H2. The number of nitrogens with zero attached hydrogens (tertiary/aromatic N) is 3. The molecule has 1 aromatic heterocycles. The summed E-state index contributed by atoms with van der Waals surface area (Å²) in [6, 6.07) is 1.82. The van der Waals surface area contributed by atoms with Crippen LogP contribution in [0.5, 0.6) is 0 Å². The number of hydrogen-bond acceptors (Lipinski definition) is 4. The Balaban J connectivity index is 1.60. The summed E-state index contributed by atoms with van der Waals surface area (Å²) in [5.74, 6) is 0.0387. The van der Waals surface area contributed by atoms with Gasteiger partial charge in [0.15, 0.2) is 11.6 Å². The second-order valence-corrected chi connectivity index (χ2v) is 5.72. The predicted molar refractivity (Wildman–Crippen MR) is 72.0 cm³/mol. The summed E-state index contributed by atoms with van der Waals surface area (Å²) in [7, 11) is 0. The van der Waals surface area contributed by atoms with Crippen molar-refractivity contribution in [2.24, 2.45) is 0 Å². The third-order valence-corrected chi connectivity index (χ3v) is 4.17. The third-order valence-electron chi connectivity index (χ3n) is 3.96. The van der Waals surface area contributed by atoms with Crippen molar-refractivity contribution >= 4 is 17.4 Å². The Morgan fingerprint density at radius 1 is 1.32 bits per heavy atom. The predicted octanol–water partition coefficient (Wildman–Crippen LogP) is 1.52. The van der Waals surface area contributed by atoms with Crippen LogP contribution in [0.3, 0.4) is 0 Å². The number of anilines is 1. The van der Waals surface area contributed by atoms with Gasteiger partial charge in [0.1, 0.15) is 0 Å². The van der Waals surface area contributed by atoms with Crippen LogP contribution in [0.2, 0.25) is 5.02 Å². The van der Waals surface area contributed by atoms with Gasteiger partial charge in [0.2, 0.25) is 0 Å². The zero-order valence-electron chi connectivity index (χ0n) is 10.6. The van der Waals surface area contributed by atoms with Crippen LogP contribution in [0, 0.1) is 5.82 Å². The fraction of sp³-hybridized carbons (Fsp3) is 0.615. The number of likely N-dealkylation sites (tertiary alicyclic amines) is 1. The van der Waals surface area contributed by atoms with Crippen LogP contribution < -0.4 is 4.90 Å². The van der Waals surface area contributed by atoms with Gasteiger partial charge >= 0.3 is 0 Å². The summed E-state index contributed by atoms with van der Waals surface area (Å²) in [5.41, 5.74) is 0. The van der Waals surface area contributed by atoms with Crippen LogP contribution in [0.15, 0.2) is 12.3 Å². The molecule has 0 aromatic carbocycles. The second kappa shape index (κ2) is 5.23. The molecule has 0 unspecified atom stereocenters. The quantitative estimate of drug-likeness (QED) is 0.894. The van der Waals surface area contributed by atoms with Gasteiger partial charge < -0.3 is 10.0 Å². The number of β-amino-alcohol motifs (C(OH)–C–C–N with tert-alkyl or cyclic N) is 1. The van der Waals surface area contributed by atoms with Crippen LogP contribution in [0.25, 0.3) is 0 Å². The van der Waals surface area contributed by atoms with Gasteiger partial charge in [-0.05, 0) is 18.9 Å². The van der Waals surface area contributed by atoms with E-state index >= 15 is 0 Å². The fourth-order valence-electron chi connectivity index (χ4n) is 2.87. The number of halogens is 2. The molecule has 0 saturated carbocycles. The van der Waals surface area contributed by atoms with Crippen LogP contribution in [-0.2, 0) is 0 Å². The summed E-state index contributed by atoms with van der Waals surface area (Å²) in [4.78, 5) is 8.35. The molecule has 4 nitrogen and oxygen atoms in total. The van der Waals surface area contributed by atoms with E-state index in [4.69, 9.17) is 11.6 Å². The number of aliphatic hydroxyl groups excluding tert-OH is 1. The molecular formula is C13H17ClFN3O. The van der Waals surface area contributed by atoms with Crippen molar-refractivity contribution in [2.75, 3.05) is 31.1 Å². The summed E-state index contributed by atoms with van der Waals surface area (Å²) >= 11 is 5.71. The van der Waals surface area contributed by atoms with E-state index in [1.807, 2.05) is 4.90 Å². The summed E-state index contributed by atoms with van der Waals surface area (Å²) < 4.78 is 13.8. The fourth-order valence-corrected chi connectivity index (χ4v) is 3.01. The molecule has 2 saturated heterocycles. The van der Waals surface area contributed by atoms with E-state index in [2.05, 4.69) is 9.88 Å². The van der Waals surface area contributed by atoms with Gasteiger partial charge in [0, 0.05) is 38.4 Å². The minimum atomic E-state index is -0.356. The Hall–Kier alpha value is -0.910. The number of aliphatic hydroxyl groups is 1. The van der Waals surface area contributed by atoms with Gasteiger partial charge in [0.25, 0.3) is 0 Å². The number of hydrogen-bond donors (Lipinski definition) is 1. The highest BCUT2D eigenvalue weighted by atomic mass is 35.5. The highest BCUT2D eigenvalue weighted by molar-refractivity contribution is 6.30. The second-order valence-electron chi connectivity index (χ2n) is 5.28. The smallest absolute Gasteiger partial charge is 0.167 e. The molecule has 104 valence electrons. The number of rotatable bonds is 2. The zero-order chi connectivity index (χ0) is 13.4. The van der Waals surface area contributed by atoms with Gasteiger partial charge in [-0.25, -0.2) is 9.37 Å². The molecule has 19 heavy (non-hydrogen) atoms. The Morgan fingerprint density at radius 3 is 2.58 bits per heavy atom. The lowest BCUT2D eigenvalue weighted by Gasteiger charge is -2.45. The number of pyridine rings is 1. The van der Waals surface area contributed by atoms with Crippen molar-refractivity contribution in [3.05, 3.63) is 23.1 Å². The van der Waals surface area contributed by atoms with E-state index in [1.165, 1.54) is 12.3 Å². The van der Waals surface area contributed by atoms with Gasteiger partial charge in [0.05, 0.1) is 11.1 Å². The Kier molecular flexibility index (Phi) is 3.60. The molecule has 0 aliphatic carbocycles. The maximum atomic E-state index is 13.8. The molecule has 0 spiro atoms. The molecule has 1 N–H and O–H groups in total. The molecule has 2 fully saturated rings. The monoisotopic (exact) mass is 285 g/mol. The molecule has 1 aromatic rings. The van der Waals surface area contributed by atoms with Gasteiger partial charge in [-0.2, -0.15) is 0 Å². The maximum Gasteiger partial charge on any atom is 0.167 e. The maximum absolute atomic E-state index is 13.8. The van der Waals surface area contributed by atoms with Crippen molar-refractivity contribution in [2.45, 2.75) is 25.0 Å². The molecule has 2 aliphatic rings.